The summed E-state index contributed by atoms with van der Waals surface area (Å²) < 4.78 is 0. The van der Waals surface area contributed by atoms with E-state index in [2.05, 4.69) is 218 Å². The molecule has 0 N–H and O–H groups in total. The van der Waals surface area contributed by atoms with Gasteiger partial charge in [0.05, 0.1) is 5.41 Å². The maximum atomic E-state index is 2.57. The van der Waals surface area contributed by atoms with E-state index < -0.39 is 0 Å². The Labute approximate surface area is 359 Å². The average molecular weight is 779 g/mol. The van der Waals surface area contributed by atoms with Crippen LogP contribution in [-0.4, -0.2) is 0 Å². The molecule has 1 spiro atoms. The molecule has 12 rings (SSSR count). The summed E-state index contributed by atoms with van der Waals surface area (Å²) in [6.07, 6.45) is 4.18. The Morgan fingerprint density at radius 1 is 0.344 bits per heavy atom. The maximum Gasteiger partial charge on any atom is 0.0725 e. The second-order valence-corrected chi connectivity index (χ2v) is 17.4. The van der Waals surface area contributed by atoms with Crippen LogP contribution in [0.15, 0.2) is 218 Å². The maximum absolute atomic E-state index is 2.57. The van der Waals surface area contributed by atoms with Crippen molar-refractivity contribution in [3.8, 4) is 44.5 Å². The SMILES string of the molecule is c1ccc(CCC2c3ccccc3-c3cc(C(CCc4ccc(-c5ccccc5)cc4)c4ccc5c(c4)-c4ccccc4C54c5ccccc5-c5ccccc54)ccc32)cc1. The van der Waals surface area contributed by atoms with Gasteiger partial charge in [-0.05, 0) is 126 Å². The summed E-state index contributed by atoms with van der Waals surface area (Å²) in [6, 6.07) is 82.6. The molecule has 0 amide bonds. The molecule has 3 aliphatic carbocycles. The molecule has 9 aromatic rings. The van der Waals surface area contributed by atoms with E-state index in [1.165, 1.54) is 100 Å². The topological polar surface area (TPSA) is 0 Å². The molecule has 0 heterocycles. The minimum absolute atomic E-state index is 0.215. The predicted molar refractivity (Wildman–Crippen MR) is 253 cm³/mol. The highest BCUT2D eigenvalue weighted by atomic mass is 14.5. The zero-order chi connectivity index (χ0) is 40.3. The Morgan fingerprint density at radius 2 is 0.820 bits per heavy atom. The van der Waals surface area contributed by atoms with Crippen molar-refractivity contribution < 1.29 is 0 Å². The molecule has 0 heteroatoms. The van der Waals surface area contributed by atoms with E-state index in [1.807, 2.05) is 0 Å². The van der Waals surface area contributed by atoms with Gasteiger partial charge in [-0.25, -0.2) is 0 Å². The van der Waals surface area contributed by atoms with Crippen molar-refractivity contribution in [1.29, 1.82) is 0 Å². The fourth-order valence-corrected chi connectivity index (χ4v) is 11.5. The van der Waals surface area contributed by atoms with Gasteiger partial charge in [-0.2, -0.15) is 0 Å². The monoisotopic (exact) mass is 778 g/mol. The summed E-state index contributed by atoms with van der Waals surface area (Å²) in [5.74, 6) is 0.610. The molecular formula is C61H46. The minimum Gasteiger partial charge on any atom is -0.0622 e. The van der Waals surface area contributed by atoms with Gasteiger partial charge in [-0.3, -0.25) is 0 Å². The second-order valence-electron chi connectivity index (χ2n) is 17.4. The summed E-state index contributed by atoms with van der Waals surface area (Å²) in [4.78, 5) is 0. The fraction of sp³-hybridized carbons (Fsp3) is 0.115. The summed E-state index contributed by atoms with van der Waals surface area (Å²) in [6.45, 7) is 0. The Balaban J connectivity index is 0.973. The van der Waals surface area contributed by atoms with E-state index in [-0.39, 0.29) is 11.3 Å². The van der Waals surface area contributed by atoms with E-state index in [0.29, 0.717) is 5.92 Å². The first kappa shape index (κ1) is 35.9. The van der Waals surface area contributed by atoms with E-state index in [9.17, 15) is 0 Å². The van der Waals surface area contributed by atoms with Gasteiger partial charge in [-0.15, -0.1) is 0 Å². The molecule has 61 heavy (non-hydrogen) atoms. The molecule has 0 nitrogen and oxygen atoms in total. The molecule has 0 saturated heterocycles. The highest BCUT2D eigenvalue weighted by Crippen LogP contribution is 2.63. The van der Waals surface area contributed by atoms with Gasteiger partial charge in [0, 0.05) is 11.8 Å². The number of rotatable bonds is 9. The number of aryl methyl sites for hydroxylation is 2. The molecule has 0 aliphatic heterocycles. The number of benzene rings is 9. The zero-order valence-electron chi connectivity index (χ0n) is 34.3. The minimum atomic E-state index is -0.334. The third-order valence-electron chi connectivity index (χ3n) is 14.3. The summed E-state index contributed by atoms with van der Waals surface area (Å²) in [5.41, 5.74) is 24.5. The molecule has 0 bridgehead atoms. The van der Waals surface area contributed by atoms with Crippen molar-refractivity contribution in [3.05, 3.63) is 274 Å². The largest absolute Gasteiger partial charge is 0.0725 e. The Kier molecular flexibility index (Phi) is 8.60. The van der Waals surface area contributed by atoms with E-state index in [0.717, 1.165) is 25.7 Å². The fourth-order valence-electron chi connectivity index (χ4n) is 11.5. The third-order valence-corrected chi connectivity index (χ3v) is 14.3. The highest BCUT2D eigenvalue weighted by molar-refractivity contribution is 5.95. The van der Waals surface area contributed by atoms with Crippen LogP contribution in [0, 0.1) is 0 Å². The van der Waals surface area contributed by atoms with Crippen LogP contribution in [0.1, 0.15) is 80.3 Å². The van der Waals surface area contributed by atoms with Gasteiger partial charge in [0.15, 0.2) is 0 Å². The second kappa shape index (κ2) is 14.6. The molecule has 9 aromatic carbocycles. The summed E-state index contributed by atoms with van der Waals surface area (Å²) >= 11 is 0. The van der Waals surface area contributed by atoms with Crippen LogP contribution in [0.3, 0.4) is 0 Å². The Bertz CT molecular complexity index is 3030. The predicted octanol–water partition coefficient (Wildman–Crippen LogP) is 15.2. The normalized spacial score (nSPS) is 15.0. The Hall–Kier alpha value is -7.02. The van der Waals surface area contributed by atoms with E-state index >= 15 is 0 Å². The lowest BCUT2D eigenvalue weighted by molar-refractivity contribution is 0.710. The quantitative estimate of drug-likeness (QED) is 0.137. The number of hydrogen-bond donors (Lipinski definition) is 0. The first-order valence-corrected chi connectivity index (χ1v) is 22.1. The van der Waals surface area contributed by atoms with Crippen LogP contribution in [0.25, 0.3) is 44.5 Å². The van der Waals surface area contributed by atoms with Gasteiger partial charge >= 0.3 is 0 Å². The Morgan fingerprint density at radius 3 is 1.49 bits per heavy atom. The molecule has 2 unspecified atom stereocenters. The van der Waals surface area contributed by atoms with Crippen molar-refractivity contribution in [2.24, 2.45) is 0 Å². The number of fused-ring (bicyclic) bond motifs is 13. The van der Waals surface area contributed by atoms with Gasteiger partial charge in [-0.1, -0.05) is 218 Å². The van der Waals surface area contributed by atoms with Crippen LogP contribution >= 0.6 is 0 Å². The zero-order valence-corrected chi connectivity index (χ0v) is 34.3. The van der Waals surface area contributed by atoms with Crippen molar-refractivity contribution in [2.75, 3.05) is 0 Å². The molecule has 0 radical (unpaired) electrons. The van der Waals surface area contributed by atoms with E-state index in [4.69, 9.17) is 0 Å². The molecule has 3 aliphatic rings. The van der Waals surface area contributed by atoms with Crippen molar-refractivity contribution in [1.82, 2.24) is 0 Å². The third kappa shape index (κ3) is 5.73. The van der Waals surface area contributed by atoms with Crippen LogP contribution in [0.5, 0.6) is 0 Å². The van der Waals surface area contributed by atoms with Crippen LogP contribution in [0.4, 0.5) is 0 Å². The molecular weight excluding hydrogens is 733 g/mol. The van der Waals surface area contributed by atoms with Gasteiger partial charge in [0.25, 0.3) is 0 Å². The van der Waals surface area contributed by atoms with Crippen molar-refractivity contribution in [3.63, 3.8) is 0 Å². The van der Waals surface area contributed by atoms with Crippen LogP contribution < -0.4 is 0 Å². The highest BCUT2D eigenvalue weighted by Gasteiger charge is 2.51. The summed E-state index contributed by atoms with van der Waals surface area (Å²) in [5, 5.41) is 0. The van der Waals surface area contributed by atoms with Crippen LogP contribution in [0.2, 0.25) is 0 Å². The molecule has 0 fully saturated rings. The summed E-state index contributed by atoms with van der Waals surface area (Å²) in [7, 11) is 0. The first-order chi connectivity index (χ1) is 30.3. The lowest BCUT2D eigenvalue weighted by Gasteiger charge is -2.30. The van der Waals surface area contributed by atoms with Gasteiger partial charge < -0.3 is 0 Å². The van der Waals surface area contributed by atoms with E-state index in [1.54, 1.807) is 0 Å². The molecule has 0 saturated carbocycles. The van der Waals surface area contributed by atoms with Crippen LogP contribution in [-0.2, 0) is 18.3 Å². The molecule has 290 valence electrons. The number of hydrogen-bond acceptors (Lipinski definition) is 0. The average Bonchev–Trinajstić information content (AvgIpc) is 3.93. The first-order valence-electron chi connectivity index (χ1n) is 22.1. The molecule has 0 aromatic heterocycles. The lowest BCUT2D eigenvalue weighted by Crippen LogP contribution is -2.25. The standard InChI is InChI=1S/C61H46/c1-3-15-41(16-4-1)30-36-50-48-19-7-8-20-49(48)55-39-45(33-37-51(50)55)47(35-29-42-27-31-44(32-28-42)43-17-5-2-6-18-43)46-34-38-60-56(40-46)54-23-11-14-26-59(54)61(60)57-24-12-9-21-52(57)53-22-10-13-25-58(53)61/h1-28,31-34,37-40,47,50H,29-30,35-36H2. The van der Waals surface area contributed by atoms with Crippen molar-refractivity contribution in [2.45, 2.75) is 42.9 Å². The molecule has 2 atom stereocenters. The smallest absolute Gasteiger partial charge is 0.0622 e. The van der Waals surface area contributed by atoms with Gasteiger partial charge in [0.2, 0.25) is 0 Å². The van der Waals surface area contributed by atoms with Gasteiger partial charge in [0.1, 0.15) is 0 Å². The lowest BCUT2D eigenvalue weighted by atomic mass is 9.70. The van der Waals surface area contributed by atoms with Crippen molar-refractivity contribution >= 4 is 0 Å².